The number of nitrogens with zero attached hydrogens (tertiary/aromatic N) is 2. The second kappa shape index (κ2) is 4.96. The predicted octanol–water partition coefficient (Wildman–Crippen LogP) is 4.06. The highest BCUT2D eigenvalue weighted by molar-refractivity contribution is 7.11. The molecule has 3 heterocycles. The maximum absolute atomic E-state index is 9.20. The van der Waals surface area contributed by atoms with Gasteiger partial charge < -0.3 is 8.83 Å². The van der Waals surface area contributed by atoms with E-state index in [2.05, 4.69) is 11.1 Å². The van der Waals surface area contributed by atoms with Crippen LogP contribution < -0.4 is 0 Å². The van der Waals surface area contributed by atoms with Crippen molar-refractivity contribution in [1.82, 2.24) is 4.98 Å². The van der Waals surface area contributed by atoms with E-state index in [1.54, 1.807) is 36.8 Å². The molecule has 0 fully saturated rings. The van der Waals surface area contributed by atoms with E-state index >= 15 is 0 Å². The lowest BCUT2D eigenvalue weighted by molar-refractivity contribution is 0.557. The Balaban J connectivity index is 1.96. The lowest BCUT2D eigenvalue weighted by Gasteiger charge is -1.91. The minimum Gasteiger partial charge on any atom is -0.465 e. The molecule has 0 aliphatic heterocycles. The van der Waals surface area contributed by atoms with E-state index in [0.29, 0.717) is 22.1 Å². The van der Waals surface area contributed by atoms with Crippen molar-refractivity contribution in [3.8, 4) is 17.5 Å². The molecule has 0 unspecified atom stereocenters. The Kier molecular flexibility index (Phi) is 3.01. The van der Waals surface area contributed by atoms with E-state index in [9.17, 15) is 5.26 Å². The second-order valence-electron chi connectivity index (χ2n) is 3.70. The van der Waals surface area contributed by atoms with Gasteiger partial charge in [-0.15, -0.1) is 11.3 Å². The summed E-state index contributed by atoms with van der Waals surface area (Å²) in [6, 6.07) is 9.34. The van der Waals surface area contributed by atoms with Crippen molar-refractivity contribution in [2.75, 3.05) is 0 Å². The summed E-state index contributed by atoms with van der Waals surface area (Å²) in [5.41, 5.74) is 1.20. The maximum Gasteiger partial charge on any atom is 0.153 e. The third kappa shape index (κ3) is 2.34. The normalized spacial score (nSPS) is 11.4. The Hall–Kier alpha value is -2.58. The van der Waals surface area contributed by atoms with Crippen molar-refractivity contribution in [3.63, 3.8) is 0 Å². The number of hydrogen-bond donors (Lipinski definition) is 0. The van der Waals surface area contributed by atoms with Gasteiger partial charge in [-0.2, -0.15) is 5.26 Å². The summed E-state index contributed by atoms with van der Waals surface area (Å²) < 4.78 is 10.5. The monoisotopic (exact) mass is 268 g/mol. The number of nitriles is 1. The molecule has 0 amide bonds. The zero-order chi connectivity index (χ0) is 13.1. The zero-order valence-corrected chi connectivity index (χ0v) is 10.6. The van der Waals surface area contributed by atoms with Crippen molar-refractivity contribution in [3.05, 3.63) is 52.9 Å². The largest absolute Gasteiger partial charge is 0.465 e. The van der Waals surface area contributed by atoms with Crippen molar-refractivity contribution in [2.24, 2.45) is 0 Å². The summed E-state index contributed by atoms with van der Waals surface area (Å²) >= 11 is 1.40. The summed E-state index contributed by atoms with van der Waals surface area (Å²) in [6.45, 7) is 0. The fourth-order valence-electron chi connectivity index (χ4n) is 1.59. The Bertz CT molecular complexity index is 731. The molecule has 4 nitrogen and oxygen atoms in total. The first-order valence-corrected chi connectivity index (χ1v) is 6.40. The Morgan fingerprint density at radius 1 is 1.26 bits per heavy atom. The van der Waals surface area contributed by atoms with Crippen molar-refractivity contribution in [2.45, 2.75) is 0 Å². The van der Waals surface area contributed by atoms with Gasteiger partial charge in [-0.05, 0) is 24.3 Å². The van der Waals surface area contributed by atoms with Gasteiger partial charge in [0, 0.05) is 11.5 Å². The molecule has 0 atom stereocenters. The van der Waals surface area contributed by atoms with Crippen LogP contribution in [0.2, 0.25) is 0 Å². The molecular formula is C14H8N2O2S. The van der Waals surface area contributed by atoms with Crippen LogP contribution in [-0.4, -0.2) is 4.98 Å². The van der Waals surface area contributed by atoms with E-state index in [-0.39, 0.29) is 0 Å². The molecule has 0 bridgehead atoms. The molecular weight excluding hydrogens is 260 g/mol. The lowest BCUT2D eigenvalue weighted by Crippen LogP contribution is -1.81. The average molecular weight is 268 g/mol. The Morgan fingerprint density at radius 3 is 2.79 bits per heavy atom. The van der Waals surface area contributed by atoms with Crippen LogP contribution in [0.3, 0.4) is 0 Å². The molecule has 0 aliphatic carbocycles. The standard InChI is InChI=1S/C14H8N2O2S/c15-8-10(7-11-3-1-5-17-11)14-16-12(9-19-14)13-4-2-6-18-13/h1-7,9H. The van der Waals surface area contributed by atoms with E-state index in [1.807, 2.05) is 11.4 Å². The van der Waals surface area contributed by atoms with Crippen molar-refractivity contribution in [1.29, 1.82) is 5.26 Å². The van der Waals surface area contributed by atoms with Crippen molar-refractivity contribution < 1.29 is 8.83 Å². The number of hydrogen-bond acceptors (Lipinski definition) is 5. The van der Waals surface area contributed by atoms with E-state index < -0.39 is 0 Å². The topological polar surface area (TPSA) is 63.0 Å². The number of rotatable bonds is 3. The van der Waals surface area contributed by atoms with Crippen LogP contribution in [0.1, 0.15) is 10.8 Å². The number of thiazole rings is 1. The molecule has 0 radical (unpaired) electrons. The van der Waals surface area contributed by atoms with Crippen LogP contribution in [0.25, 0.3) is 23.1 Å². The van der Waals surface area contributed by atoms with Crippen LogP contribution in [-0.2, 0) is 0 Å². The molecule has 19 heavy (non-hydrogen) atoms. The summed E-state index contributed by atoms with van der Waals surface area (Å²) in [5, 5.41) is 11.7. The van der Waals surface area contributed by atoms with Gasteiger partial charge in [0.2, 0.25) is 0 Å². The van der Waals surface area contributed by atoms with Gasteiger partial charge in [-0.25, -0.2) is 4.98 Å². The average Bonchev–Trinajstić information content (AvgIpc) is 3.15. The SMILES string of the molecule is N#CC(=Cc1ccco1)c1nc(-c2ccco2)cs1. The third-order valence-electron chi connectivity index (χ3n) is 2.46. The van der Waals surface area contributed by atoms with E-state index in [1.165, 1.54) is 11.3 Å². The van der Waals surface area contributed by atoms with Crippen LogP contribution in [0, 0.1) is 11.3 Å². The quantitative estimate of drug-likeness (QED) is 0.672. The van der Waals surface area contributed by atoms with Gasteiger partial charge >= 0.3 is 0 Å². The van der Waals surface area contributed by atoms with Crippen molar-refractivity contribution >= 4 is 23.0 Å². The Labute approximate surface area is 113 Å². The van der Waals surface area contributed by atoms with Gasteiger partial charge in [-0.1, -0.05) is 0 Å². The fourth-order valence-corrected chi connectivity index (χ4v) is 2.37. The summed E-state index contributed by atoms with van der Waals surface area (Å²) in [7, 11) is 0. The molecule has 0 aliphatic rings. The first kappa shape index (κ1) is 11.5. The van der Waals surface area contributed by atoms with Gasteiger partial charge in [0.05, 0.1) is 18.1 Å². The zero-order valence-electron chi connectivity index (χ0n) is 9.74. The Morgan fingerprint density at radius 2 is 2.11 bits per heavy atom. The first-order chi connectivity index (χ1) is 9.36. The molecule has 3 aromatic heterocycles. The number of allylic oxidation sites excluding steroid dienone is 1. The molecule has 0 spiro atoms. The summed E-state index contributed by atoms with van der Waals surface area (Å²) in [5.74, 6) is 1.32. The van der Waals surface area contributed by atoms with Gasteiger partial charge in [0.15, 0.2) is 5.76 Å². The van der Waals surface area contributed by atoms with Crippen LogP contribution >= 0.6 is 11.3 Å². The minimum atomic E-state index is 0.470. The van der Waals surface area contributed by atoms with Crippen LogP contribution in [0.4, 0.5) is 0 Å². The summed E-state index contributed by atoms with van der Waals surface area (Å²) in [4.78, 5) is 4.40. The molecule has 0 N–H and O–H groups in total. The van der Waals surface area contributed by atoms with Gasteiger partial charge in [-0.3, -0.25) is 0 Å². The molecule has 0 saturated carbocycles. The highest BCUT2D eigenvalue weighted by atomic mass is 32.1. The molecule has 0 saturated heterocycles. The maximum atomic E-state index is 9.20. The number of aromatic nitrogens is 1. The predicted molar refractivity (Wildman–Crippen MR) is 72.0 cm³/mol. The lowest BCUT2D eigenvalue weighted by atomic mass is 10.2. The molecule has 0 aromatic carbocycles. The smallest absolute Gasteiger partial charge is 0.153 e. The highest BCUT2D eigenvalue weighted by Gasteiger charge is 2.10. The molecule has 5 heteroatoms. The highest BCUT2D eigenvalue weighted by Crippen LogP contribution is 2.27. The molecule has 3 aromatic rings. The van der Waals surface area contributed by atoms with Gasteiger partial charge in [0.1, 0.15) is 22.5 Å². The second-order valence-corrected chi connectivity index (χ2v) is 4.56. The van der Waals surface area contributed by atoms with E-state index in [4.69, 9.17) is 8.83 Å². The van der Waals surface area contributed by atoms with Gasteiger partial charge in [0.25, 0.3) is 0 Å². The van der Waals surface area contributed by atoms with Crippen LogP contribution in [0.5, 0.6) is 0 Å². The molecule has 3 rings (SSSR count). The minimum absolute atomic E-state index is 0.470. The first-order valence-electron chi connectivity index (χ1n) is 5.52. The summed E-state index contributed by atoms with van der Waals surface area (Å²) in [6.07, 6.45) is 4.83. The molecule has 92 valence electrons. The fraction of sp³-hybridized carbons (Fsp3) is 0. The van der Waals surface area contributed by atoms with Crippen LogP contribution in [0.15, 0.2) is 51.0 Å². The third-order valence-corrected chi connectivity index (χ3v) is 3.33. The van der Waals surface area contributed by atoms with E-state index in [0.717, 1.165) is 5.69 Å². The number of furan rings is 2.